The molecular formula is C24H27N5O5. The van der Waals surface area contributed by atoms with Crippen molar-refractivity contribution in [2.24, 2.45) is 0 Å². The average molecular weight is 466 g/mol. The normalized spacial score (nSPS) is 15.7. The number of carbonyl (C=O) groups is 3. The first-order valence-electron chi connectivity index (χ1n) is 11.0. The number of aromatic nitrogens is 3. The number of fused-ring (bicyclic) bond motifs is 3. The first kappa shape index (κ1) is 23.2. The van der Waals surface area contributed by atoms with Crippen LogP contribution in [0, 0.1) is 0 Å². The van der Waals surface area contributed by atoms with Gasteiger partial charge in [-0.2, -0.15) is 5.10 Å². The van der Waals surface area contributed by atoms with Gasteiger partial charge >= 0.3 is 6.09 Å². The van der Waals surface area contributed by atoms with Crippen LogP contribution >= 0.6 is 0 Å². The van der Waals surface area contributed by atoms with Gasteiger partial charge in [-0.1, -0.05) is 0 Å². The highest BCUT2D eigenvalue weighted by molar-refractivity contribution is 5.94. The fourth-order valence-corrected chi connectivity index (χ4v) is 4.14. The van der Waals surface area contributed by atoms with E-state index in [0.29, 0.717) is 40.9 Å². The number of hydrogen-bond donors (Lipinski definition) is 1. The fourth-order valence-electron chi connectivity index (χ4n) is 4.14. The fraction of sp³-hybridized carbons (Fsp3) is 0.375. The van der Waals surface area contributed by atoms with Crippen LogP contribution in [-0.2, 0) is 17.7 Å². The molecule has 10 nitrogen and oxygen atoms in total. The summed E-state index contributed by atoms with van der Waals surface area (Å²) in [6.45, 7) is 7.36. The van der Waals surface area contributed by atoms with Crippen molar-refractivity contribution < 1.29 is 19.1 Å². The standard InChI is InChI=1S/C24H27N5O5/c1-14-10-18-19(12-27(14)23(33)34-24(2,3)4)29-21(16(13-30)11-26-29)28(22(18)32)17-8-6-15(7-9-17)20(31)25-5/h6-9,11,13-14H,10,12H2,1-5H3,(H,25,31). The molecule has 3 heterocycles. The van der Waals surface area contributed by atoms with Crippen LogP contribution in [0.25, 0.3) is 11.3 Å². The van der Waals surface area contributed by atoms with Crippen molar-refractivity contribution in [3.8, 4) is 5.69 Å². The smallest absolute Gasteiger partial charge is 0.410 e. The molecule has 1 atom stereocenters. The maximum absolute atomic E-state index is 13.7. The van der Waals surface area contributed by atoms with E-state index in [2.05, 4.69) is 10.4 Å². The molecule has 0 saturated heterocycles. The van der Waals surface area contributed by atoms with Crippen molar-refractivity contribution in [1.29, 1.82) is 0 Å². The zero-order valence-electron chi connectivity index (χ0n) is 19.8. The highest BCUT2D eigenvalue weighted by Gasteiger charge is 2.34. The van der Waals surface area contributed by atoms with Crippen molar-refractivity contribution in [3.63, 3.8) is 0 Å². The van der Waals surface area contributed by atoms with Gasteiger partial charge in [-0.15, -0.1) is 0 Å². The maximum atomic E-state index is 13.7. The highest BCUT2D eigenvalue weighted by atomic mass is 16.6. The second-order valence-corrected chi connectivity index (χ2v) is 9.31. The Bertz CT molecular complexity index is 1350. The highest BCUT2D eigenvalue weighted by Crippen LogP contribution is 2.26. The van der Waals surface area contributed by atoms with E-state index in [0.717, 1.165) is 0 Å². The summed E-state index contributed by atoms with van der Waals surface area (Å²) in [6, 6.07) is 6.25. The van der Waals surface area contributed by atoms with Crippen LogP contribution in [0.5, 0.6) is 0 Å². The quantitative estimate of drug-likeness (QED) is 0.594. The van der Waals surface area contributed by atoms with Gasteiger partial charge in [-0.25, -0.2) is 9.31 Å². The number of nitrogens with zero attached hydrogens (tertiary/aromatic N) is 4. The van der Waals surface area contributed by atoms with Crippen LogP contribution in [-0.4, -0.2) is 56.1 Å². The minimum absolute atomic E-state index is 0.119. The maximum Gasteiger partial charge on any atom is 0.410 e. The summed E-state index contributed by atoms with van der Waals surface area (Å²) in [5.74, 6) is -0.247. The first-order chi connectivity index (χ1) is 16.1. The summed E-state index contributed by atoms with van der Waals surface area (Å²) in [7, 11) is 1.54. The average Bonchev–Trinajstić information content (AvgIpc) is 3.21. The molecule has 0 radical (unpaired) electrons. The zero-order valence-corrected chi connectivity index (χ0v) is 19.8. The second-order valence-electron chi connectivity index (χ2n) is 9.31. The molecule has 2 aromatic heterocycles. The van der Waals surface area contributed by atoms with Gasteiger partial charge < -0.3 is 10.1 Å². The Labute approximate surface area is 196 Å². The molecule has 0 saturated carbocycles. The number of ether oxygens (including phenoxy) is 1. The molecule has 0 spiro atoms. The lowest BCUT2D eigenvalue weighted by atomic mass is 10.00. The molecule has 1 N–H and O–H groups in total. The summed E-state index contributed by atoms with van der Waals surface area (Å²) >= 11 is 0. The Morgan fingerprint density at radius 3 is 2.47 bits per heavy atom. The zero-order chi connectivity index (χ0) is 24.8. The van der Waals surface area contributed by atoms with Crippen molar-refractivity contribution in [3.05, 3.63) is 63.2 Å². The van der Waals surface area contributed by atoms with Gasteiger partial charge in [0.1, 0.15) is 5.60 Å². The first-order valence-corrected chi connectivity index (χ1v) is 11.0. The molecule has 0 bridgehead atoms. The number of rotatable bonds is 3. The Morgan fingerprint density at radius 1 is 1.21 bits per heavy atom. The van der Waals surface area contributed by atoms with Crippen molar-refractivity contribution in [2.75, 3.05) is 7.05 Å². The third-order valence-corrected chi connectivity index (χ3v) is 5.77. The third kappa shape index (κ3) is 3.95. The summed E-state index contributed by atoms with van der Waals surface area (Å²) in [5.41, 5.74) is 1.56. The van der Waals surface area contributed by atoms with E-state index >= 15 is 0 Å². The number of hydrogen-bond acceptors (Lipinski definition) is 6. The van der Waals surface area contributed by atoms with Crippen molar-refractivity contribution in [2.45, 2.75) is 52.3 Å². The summed E-state index contributed by atoms with van der Waals surface area (Å²) in [5, 5.41) is 6.92. The number of aldehydes is 1. The number of nitrogens with one attached hydrogen (secondary N) is 1. The summed E-state index contributed by atoms with van der Waals surface area (Å²) < 4.78 is 8.52. The van der Waals surface area contributed by atoms with E-state index in [1.54, 1.807) is 49.9 Å². The number of benzene rings is 1. The van der Waals surface area contributed by atoms with Crippen LogP contribution in [0.4, 0.5) is 4.79 Å². The molecule has 1 unspecified atom stereocenters. The molecule has 34 heavy (non-hydrogen) atoms. The van der Waals surface area contributed by atoms with Crippen LogP contribution in [0.2, 0.25) is 0 Å². The molecule has 1 aromatic carbocycles. The molecular weight excluding hydrogens is 438 g/mol. The van der Waals surface area contributed by atoms with Crippen LogP contribution in [0.1, 0.15) is 59.7 Å². The van der Waals surface area contributed by atoms with Gasteiger partial charge in [0.15, 0.2) is 11.9 Å². The second kappa shape index (κ2) is 8.44. The van der Waals surface area contributed by atoms with E-state index in [1.807, 2.05) is 6.92 Å². The molecule has 4 rings (SSSR count). The van der Waals surface area contributed by atoms with E-state index in [4.69, 9.17) is 4.74 Å². The minimum atomic E-state index is -0.660. The Morgan fingerprint density at radius 2 is 1.88 bits per heavy atom. The predicted octanol–water partition coefficient (Wildman–Crippen LogP) is 2.34. The molecule has 10 heteroatoms. The Kier molecular flexibility index (Phi) is 5.76. The molecule has 1 aliphatic rings. The lowest BCUT2D eigenvalue weighted by molar-refractivity contribution is 0.0131. The van der Waals surface area contributed by atoms with Gasteiger partial charge in [-0.3, -0.25) is 23.9 Å². The molecule has 2 amide bonds. The lowest BCUT2D eigenvalue weighted by Crippen LogP contribution is -2.48. The van der Waals surface area contributed by atoms with Gasteiger partial charge in [0.2, 0.25) is 0 Å². The van der Waals surface area contributed by atoms with Crippen molar-refractivity contribution >= 4 is 23.9 Å². The van der Waals surface area contributed by atoms with Gasteiger partial charge in [0, 0.05) is 30.6 Å². The Hall–Kier alpha value is -3.95. The Balaban J connectivity index is 1.88. The third-order valence-electron chi connectivity index (χ3n) is 5.77. The lowest BCUT2D eigenvalue weighted by Gasteiger charge is -2.36. The van der Waals surface area contributed by atoms with E-state index < -0.39 is 11.7 Å². The van der Waals surface area contributed by atoms with Crippen LogP contribution < -0.4 is 10.9 Å². The molecule has 0 aliphatic carbocycles. The van der Waals surface area contributed by atoms with Gasteiger partial charge in [-0.05, 0) is 52.0 Å². The van der Waals surface area contributed by atoms with Crippen LogP contribution in [0.15, 0.2) is 35.3 Å². The topological polar surface area (TPSA) is 115 Å². The molecule has 1 aliphatic heterocycles. The molecule has 0 fully saturated rings. The largest absolute Gasteiger partial charge is 0.444 e. The van der Waals surface area contributed by atoms with Gasteiger partial charge in [0.05, 0.1) is 29.7 Å². The monoisotopic (exact) mass is 465 g/mol. The summed E-state index contributed by atoms with van der Waals surface area (Å²) in [4.78, 5) is 51.8. The number of amides is 2. The summed E-state index contributed by atoms with van der Waals surface area (Å²) in [6.07, 6.45) is 1.86. The predicted molar refractivity (Wildman–Crippen MR) is 125 cm³/mol. The van der Waals surface area contributed by atoms with E-state index in [9.17, 15) is 19.2 Å². The van der Waals surface area contributed by atoms with Gasteiger partial charge in [0.25, 0.3) is 11.5 Å². The van der Waals surface area contributed by atoms with E-state index in [1.165, 1.54) is 22.3 Å². The van der Waals surface area contributed by atoms with Crippen molar-refractivity contribution in [1.82, 2.24) is 24.4 Å². The molecule has 178 valence electrons. The number of carbonyl (C=O) groups excluding carboxylic acids is 3. The molecule has 3 aromatic rings. The van der Waals surface area contributed by atoms with E-state index in [-0.39, 0.29) is 29.6 Å². The van der Waals surface area contributed by atoms with Crippen LogP contribution in [0.3, 0.4) is 0 Å². The minimum Gasteiger partial charge on any atom is -0.444 e. The SMILES string of the molecule is CNC(=O)c1ccc(-n2c(=O)c3c(n4ncc(C=O)c24)CN(C(=O)OC(C)(C)C)C(C)C3)cc1.